The van der Waals surface area contributed by atoms with Crippen LogP contribution in [0.5, 0.6) is 0 Å². The summed E-state index contributed by atoms with van der Waals surface area (Å²) in [4.78, 5) is 21.2. The highest BCUT2D eigenvalue weighted by atomic mass is 19.3. The fourth-order valence-electron chi connectivity index (χ4n) is 0.986. The van der Waals surface area contributed by atoms with E-state index in [2.05, 4.69) is 0 Å². The normalized spacial score (nSPS) is 12.8. The Kier molecular flexibility index (Phi) is 6.95. The largest absolute Gasteiger partial charge is 0.303 e. The maximum atomic E-state index is 12.3. The molecule has 0 radical (unpaired) electrons. The summed E-state index contributed by atoms with van der Waals surface area (Å²) in [5.41, 5.74) is -1.85. The van der Waals surface area contributed by atoms with Gasteiger partial charge in [0.15, 0.2) is 0 Å². The second-order valence-corrected chi connectivity index (χ2v) is 6.38. The molecule has 2 nitrogen and oxygen atoms in total. The number of hydrogen-bond acceptors (Lipinski definition) is 2. The Labute approximate surface area is 111 Å². The van der Waals surface area contributed by atoms with Gasteiger partial charge in [0.25, 0.3) is 6.43 Å². The zero-order chi connectivity index (χ0) is 16.2. The van der Waals surface area contributed by atoms with Crippen LogP contribution in [0.15, 0.2) is 0 Å². The molecule has 6 heteroatoms. The molecule has 0 aliphatic carbocycles. The quantitative estimate of drug-likeness (QED) is 0.715. The Balaban J connectivity index is 0. The summed E-state index contributed by atoms with van der Waals surface area (Å²) < 4.78 is 47.7. The van der Waals surface area contributed by atoms with E-state index >= 15 is 0 Å². The molecule has 0 heterocycles. The predicted molar refractivity (Wildman–Crippen MR) is 65.5 cm³/mol. The number of halogens is 4. The van der Waals surface area contributed by atoms with Gasteiger partial charge >= 0.3 is 5.92 Å². The molecule has 0 amide bonds. The van der Waals surface area contributed by atoms with E-state index in [4.69, 9.17) is 0 Å². The van der Waals surface area contributed by atoms with Gasteiger partial charge in [-0.1, -0.05) is 41.5 Å². The van der Waals surface area contributed by atoms with Crippen LogP contribution in [-0.2, 0) is 9.59 Å². The Bertz CT molecular complexity index is 301. The summed E-state index contributed by atoms with van der Waals surface area (Å²) in [6, 6.07) is 0. The van der Waals surface area contributed by atoms with Gasteiger partial charge in [0.2, 0.25) is 11.6 Å². The number of ketones is 2. The van der Waals surface area contributed by atoms with Gasteiger partial charge in [0.05, 0.1) is 0 Å². The van der Waals surface area contributed by atoms with Gasteiger partial charge in [-0.05, 0) is 0 Å². The van der Waals surface area contributed by atoms with Crippen LogP contribution in [0.25, 0.3) is 0 Å². The first-order valence-corrected chi connectivity index (χ1v) is 5.76. The molecule has 114 valence electrons. The van der Waals surface area contributed by atoms with Gasteiger partial charge in [0.1, 0.15) is 0 Å². The molecule has 0 bridgehead atoms. The zero-order valence-corrected chi connectivity index (χ0v) is 12.4. The fraction of sp³-hybridized carbons (Fsp3) is 0.846. The first-order valence-electron chi connectivity index (χ1n) is 5.76. The molecule has 0 aliphatic heterocycles. The number of Topliss-reactive ketones (excluding diaryl/α,β-unsaturated/α-hetero) is 2. The predicted octanol–water partition coefficient (Wildman–Crippen LogP) is 4.12. The van der Waals surface area contributed by atoms with Crippen LogP contribution in [-0.4, -0.2) is 23.9 Å². The van der Waals surface area contributed by atoms with Crippen molar-refractivity contribution in [2.45, 2.75) is 60.8 Å². The Morgan fingerprint density at radius 1 is 0.789 bits per heavy atom. The average Bonchev–Trinajstić information content (AvgIpc) is 2.12. The molecule has 0 aromatic carbocycles. The molecular weight excluding hydrogens is 264 g/mol. The Hall–Kier alpha value is -0.940. The van der Waals surface area contributed by atoms with Crippen molar-refractivity contribution in [2.75, 3.05) is 0 Å². The second kappa shape index (κ2) is 6.48. The topological polar surface area (TPSA) is 34.1 Å². The number of carbonyl (C=O) groups excluding carboxylic acids is 2. The smallest absolute Gasteiger partial charge is 0.293 e. The fourth-order valence-corrected chi connectivity index (χ4v) is 0.986. The minimum Gasteiger partial charge on any atom is -0.293 e. The monoisotopic (exact) mass is 286 g/mol. The number of carbonyl (C=O) groups is 2. The highest BCUT2D eigenvalue weighted by Gasteiger charge is 2.40. The maximum Gasteiger partial charge on any atom is 0.303 e. The first kappa shape index (κ1) is 20.4. The molecule has 19 heavy (non-hydrogen) atoms. The van der Waals surface area contributed by atoms with Crippen molar-refractivity contribution in [1.82, 2.24) is 0 Å². The Morgan fingerprint density at radius 3 is 1.11 bits per heavy atom. The molecule has 0 fully saturated rings. The third-order valence-corrected chi connectivity index (χ3v) is 2.02. The second-order valence-electron chi connectivity index (χ2n) is 6.38. The highest BCUT2D eigenvalue weighted by molar-refractivity contribution is 5.89. The van der Waals surface area contributed by atoms with E-state index in [9.17, 15) is 27.2 Å². The van der Waals surface area contributed by atoms with Gasteiger partial charge in [0, 0.05) is 17.8 Å². The number of rotatable bonds is 2. The molecule has 0 spiro atoms. The third-order valence-electron chi connectivity index (χ3n) is 2.02. The van der Waals surface area contributed by atoms with Crippen LogP contribution in [0.1, 0.15) is 48.5 Å². The van der Waals surface area contributed by atoms with Gasteiger partial charge in [-0.15, -0.1) is 0 Å². The van der Waals surface area contributed by atoms with Gasteiger partial charge in [-0.25, -0.2) is 8.78 Å². The molecule has 0 unspecified atom stereocenters. The van der Waals surface area contributed by atoms with E-state index in [1.165, 1.54) is 41.5 Å². The summed E-state index contributed by atoms with van der Waals surface area (Å²) in [7, 11) is 0. The summed E-state index contributed by atoms with van der Waals surface area (Å²) in [5.74, 6) is -5.21. The van der Waals surface area contributed by atoms with Crippen LogP contribution in [0.2, 0.25) is 0 Å². The van der Waals surface area contributed by atoms with E-state index in [1.807, 2.05) is 0 Å². The van der Waals surface area contributed by atoms with Crippen molar-refractivity contribution in [3.63, 3.8) is 0 Å². The summed E-state index contributed by atoms with van der Waals surface area (Å²) in [6.45, 7) is 9.48. The van der Waals surface area contributed by atoms with Crippen LogP contribution in [0.3, 0.4) is 0 Å². The molecule has 0 saturated carbocycles. The molecule has 0 aromatic heterocycles. The average molecular weight is 286 g/mol. The van der Waals surface area contributed by atoms with Crippen molar-refractivity contribution >= 4 is 11.6 Å². The van der Waals surface area contributed by atoms with Gasteiger partial charge in [-0.2, -0.15) is 8.78 Å². The standard InChI is InChI=1S/C7H12F2O.C6H10F2O/c1-6(2,3)5(10)7(4,8)9;1-6(2,3)4(9)5(7)8/h1-4H3;5H,1-3H3. The summed E-state index contributed by atoms with van der Waals surface area (Å²) in [6.07, 6.45) is -2.83. The van der Waals surface area contributed by atoms with Crippen molar-refractivity contribution in [3.8, 4) is 0 Å². The Morgan fingerprint density at radius 2 is 1.11 bits per heavy atom. The molecule has 0 rings (SSSR count). The van der Waals surface area contributed by atoms with E-state index in [0.717, 1.165) is 0 Å². The number of hydrogen-bond donors (Lipinski definition) is 0. The van der Waals surface area contributed by atoms with Crippen molar-refractivity contribution in [3.05, 3.63) is 0 Å². The molecule has 0 aromatic rings. The van der Waals surface area contributed by atoms with Crippen molar-refractivity contribution in [2.24, 2.45) is 10.8 Å². The van der Waals surface area contributed by atoms with Crippen LogP contribution in [0, 0.1) is 10.8 Å². The molecule has 0 saturated heterocycles. The third kappa shape index (κ3) is 8.72. The first-order chi connectivity index (χ1) is 8.01. The van der Waals surface area contributed by atoms with Crippen LogP contribution < -0.4 is 0 Å². The minimum absolute atomic E-state index is 0.626. The lowest BCUT2D eigenvalue weighted by atomic mass is 9.88. The van der Waals surface area contributed by atoms with E-state index in [-0.39, 0.29) is 0 Å². The molecule has 0 aliphatic rings. The lowest BCUT2D eigenvalue weighted by Gasteiger charge is -2.20. The SMILES string of the molecule is CC(C)(C)C(=O)C(C)(F)F.CC(C)(C)C(=O)C(F)F. The highest BCUT2D eigenvalue weighted by Crippen LogP contribution is 2.26. The van der Waals surface area contributed by atoms with Crippen LogP contribution >= 0.6 is 0 Å². The summed E-state index contributed by atoms with van der Waals surface area (Å²) in [5, 5.41) is 0. The minimum atomic E-state index is -3.20. The zero-order valence-electron chi connectivity index (χ0n) is 12.4. The molecule has 0 N–H and O–H groups in total. The summed E-state index contributed by atoms with van der Waals surface area (Å²) >= 11 is 0. The maximum absolute atomic E-state index is 12.3. The lowest BCUT2D eigenvalue weighted by Crippen LogP contribution is -2.35. The lowest BCUT2D eigenvalue weighted by molar-refractivity contribution is -0.149. The van der Waals surface area contributed by atoms with Crippen molar-refractivity contribution in [1.29, 1.82) is 0 Å². The van der Waals surface area contributed by atoms with E-state index in [0.29, 0.717) is 6.92 Å². The molecular formula is C13H22F4O2. The number of alkyl halides is 4. The molecule has 0 atom stereocenters. The van der Waals surface area contributed by atoms with E-state index in [1.54, 1.807) is 0 Å². The van der Waals surface area contributed by atoms with E-state index < -0.39 is 34.7 Å². The van der Waals surface area contributed by atoms with Gasteiger partial charge < -0.3 is 0 Å². The van der Waals surface area contributed by atoms with Crippen molar-refractivity contribution < 1.29 is 27.2 Å². The van der Waals surface area contributed by atoms with Crippen LogP contribution in [0.4, 0.5) is 17.6 Å². The van der Waals surface area contributed by atoms with Gasteiger partial charge in [-0.3, -0.25) is 9.59 Å².